The number of nitrogens with one attached hydrogen (secondary N) is 1. The lowest BCUT2D eigenvalue weighted by Gasteiger charge is -2.48. The molecule has 1 fully saturated rings. The van der Waals surface area contributed by atoms with E-state index >= 15 is 0 Å². The highest BCUT2D eigenvalue weighted by Crippen LogP contribution is 2.40. The summed E-state index contributed by atoms with van der Waals surface area (Å²) in [6.07, 6.45) is 8.83. The highest BCUT2D eigenvalue weighted by Gasteiger charge is 2.44. The molecule has 0 aromatic carbocycles. The fourth-order valence-electron chi connectivity index (χ4n) is 3.93. The van der Waals surface area contributed by atoms with Gasteiger partial charge < -0.3 is 10.1 Å². The van der Waals surface area contributed by atoms with Crippen molar-refractivity contribution in [3.8, 4) is 0 Å². The number of hydrogen-bond acceptors (Lipinski definition) is 2. The maximum atomic E-state index is 6.40. The molecule has 1 N–H and O–H groups in total. The zero-order valence-corrected chi connectivity index (χ0v) is 14.5. The van der Waals surface area contributed by atoms with Crippen molar-refractivity contribution < 1.29 is 4.74 Å². The lowest BCUT2D eigenvalue weighted by atomic mass is 9.70. The van der Waals surface area contributed by atoms with E-state index in [-0.39, 0.29) is 5.60 Å². The molecule has 0 heterocycles. The summed E-state index contributed by atoms with van der Waals surface area (Å²) in [4.78, 5) is 0. The molecule has 0 spiro atoms. The molecular weight excluding hydrogens is 246 g/mol. The van der Waals surface area contributed by atoms with Gasteiger partial charge in [-0.05, 0) is 57.4 Å². The zero-order chi connectivity index (χ0) is 15.0. The topological polar surface area (TPSA) is 21.3 Å². The second-order valence-electron chi connectivity index (χ2n) is 6.69. The van der Waals surface area contributed by atoms with E-state index in [2.05, 4.69) is 39.9 Å². The van der Waals surface area contributed by atoms with Crippen LogP contribution in [0.2, 0.25) is 0 Å². The van der Waals surface area contributed by atoms with Crippen LogP contribution in [0, 0.1) is 11.8 Å². The van der Waals surface area contributed by atoms with Gasteiger partial charge in [-0.3, -0.25) is 0 Å². The molecule has 0 bridgehead atoms. The molecule has 0 aliphatic heterocycles. The van der Waals surface area contributed by atoms with Crippen molar-refractivity contribution in [3.63, 3.8) is 0 Å². The van der Waals surface area contributed by atoms with Crippen LogP contribution in [0.15, 0.2) is 0 Å². The molecule has 2 nitrogen and oxygen atoms in total. The van der Waals surface area contributed by atoms with Crippen LogP contribution < -0.4 is 5.32 Å². The summed E-state index contributed by atoms with van der Waals surface area (Å²) in [7, 11) is 0. The lowest BCUT2D eigenvalue weighted by Crippen LogP contribution is -2.57. The Hall–Kier alpha value is -0.0800. The van der Waals surface area contributed by atoms with Gasteiger partial charge >= 0.3 is 0 Å². The first-order chi connectivity index (χ1) is 9.63. The molecule has 1 unspecified atom stereocenters. The molecule has 1 aliphatic rings. The number of rotatable bonds is 9. The second-order valence-corrected chi connectivity index (χ2v) is 6.69. The summed E-state index contributed by atoms with van der Waals surface area (Å²) in [5.41, 5.74) is 0.0904. The second kappa shape index (κ2) is 9.04. The maximum absolute atomic E-state index is 6.40. The standard InChI is InChI=1S/C18H37NO/c1-6-14-19-17(16(7-2)8-3)18(20-9-4)12-10-15(5)11-13-18/h15-17,19H,6-14H2,1-5H3. The quantitative estimate of drug-likeness (QED) is 0.658. The van der Waals surface area contributed by atoms with Crippen molar-refractivity contribution in [3.05, 3.63) is 0 Å². The van der Waals surface area contributed by atoms with E-state index in [0.717, 1.165) is 25.0 Å². The van der Waals surface area contributed by atoms with Crippen molar-refractivity contribution in [2.24, 2.45) is 11.8 Å². The molecule has 1 aliphatic carbocycles. The summed E-state index contributed by atoms with van der Waals surface area (Å²) < 4.78 is 6.40. The summed E-state index contributed by atoms with van der Waals surface area (Å²) >= 11 is 0. The Morgan fingerprint density at radius 3 is 2.15 bits per heavy atom. The Morgan fingerprint density at radius 1 is 1.10 bits per heavy atom. The first-order valence-corrected chi connectivity index (χ1v) is 9.00. The molecule has 0 amide bonds. The summed E-state index contributed by atoms with van der Waals surface area (Å²) in [5, 5.41) is 3.86. The van der Waals surface area contributed by atoms with Crippen molar-refractivity contribution in [1.82, 2.24) is 5.32 Å². The molecule has 0 saturated heterocycles. The monoisotopic (exact) mass is 283 g/mol. The average Bonchev–Trinajstić information content (AvgIpc) is 2.46. The summed E-state index contributed by atoms with van der Waals surface area (Å²) in [6, 6.07) is 0.532. The van der Waals surface area contributed by atoms with Gasteiger partial charge in [0.25, 0.3) is 0 Å². The third-order valence-electron chi connectivity index (χ3n) is 5.25. The van der Waals surface area contributed by atoms with Crippen LogP contribution in [0.1, 0.15) is 79.6 Å². The van der Waals surface area contributed by atoms with Gasteiger partial charge in [0.2, 0.25) is 0 Å². The molecular formula is C18H37NO. The van der Waals surface area contributed by atoms with E-state index in [1.54, 1.807) is 0 Å². The van der Waals surface area contributed by atoms with Crippen molar-refractivity contribution in [2.45, 2.75) is 91.2 Å². The van der Waals surface area contributed by atoms with Crippen molar-refractivity contribution >= 4 is 0 Å². The van der Waals surface area contributed by atoms with E-state index in [1.807, 2.05) is 0 Å². The molecule has 1 rings (SSSR count). The average molecular weight is 284 g/mol. The lowest BCUT2D eigenvalue weighted by molar-refractivity contribution is -0.109. The largest absolute Gasteiger partial charge is 0.374 e. The van der Waals surface area contributed by atoms with Crippen LogP contribution in [0.5, 0.6) is 0 Å². The van der Waals surface area contributed by atoms with Crippen LogP contribution in [0.25, 0.3) is 0 Å². The van der Waals surface area contributed by atoms with Crippen molar-refractivity contribution in [2.75, 3.05) is 13.2 Å². The van der Waals surface area contributed by atoms with Gasteiger partial charge in [0.05, 0.1) is 5.60 Å². The normalized spacial score (nSPS) is 28.8. The predicted molar refractivity (Wildman–Crippen MR) is 88.1 cm³/mol. The summed E-state index contributed by atoms with van der Waals surface area (Å²) in [5.74, 6) is 1.61. The fraction of sp³-hybridized carbons (Fsp3) is 1.00. The van der Waals surface area contributed by atoms with Crippen LogP contribution in [-0.4, -0.2) is 24.8 Å². The van der Waals surface area contributed by atoms with Crippen molar-refractivity contribution in [1.29, 1.82) is 0 Å². The van der Waals surface area contributed by atoms with Gasteiger partial charge in [0, 0.05) is 12.6 Å². The Bertz CT molecular complexity index is 242. The maximum Gasteiger partial charge on any atom is 0.0837 e. The van der Waals surface area contributed by atoms with Crippen LogP contribution in [0.4, 0.5) is 0 Å². The first-order valence-electron chi connectivity index (χ1n) is 9.00. The Morgan fingerprint density at radius 2 is 1.70 bits per heavy atom. The molecule has 0 radical (unpaired) electrons. The third-order valence-corrected chi connectivity index (χ3v) is 5.25. The van der Waals surface area contributed by atoms with Crippen LogP contribution >= 0.6 is 0 Å². The van der Waals surface area contributed by atoms with E-state index in [0.29, 0.717) is 6.04 Å². The van der Waals surface area contributed by atoms with Gasteiger partial charge in [-0.25, -0.2) is 0 Å². The molecule has 20 heavy (non-hydrogen) atoms. The smallest absolute Gasteiger partial charge is 0.0837 e. The van der Waals surface area contributed by atoms with Gasteiger partial charge in [0.1, 0.15) is 0 Å². The number of ether oxygens (including phenoxy) is 1. The van der Waals surface area contributed by atoms with Gasteiger partial charge in [-0.15, -0.1) is 0 Å². The zero-order valence-electron chi connectivity index (χ0n) is 14.5. The van der Waals surface area contributed by atoms with Crippen LogP contribution in [-0.2, 0) is 4.74 Å². The van der Waals surface area contributed by atoms with E-state index in [1.165, 1.54) is 44.9 Å². The minimum absolute atomic E-state index is 0.0904. The van der Waals surface area contributed by atoms with E-state index in [9.17, 15) is 0 Å². The minimum Gasteiger partial charge on any atom is -0.374 e. The number of hydrogen-bond donors (Lipinski definition) is 1. The molecule has 1 saturated carbocycles. The predicted octanol–water partition coefficient (Wildman–Crippen LogP) is 4.78. The van der Waals surface area contributed by atoms with E-state index in [4.69, 9.17) is 4.74 Å². The Kier molecular flexibility index (Phi) is 8.13. The van der Waals surface area contributed by atoms with E-state index < -0.39 is 0 Å². The first kappa shape index (κ1) is 18.0. The van der Waals surface area contributed by atoms with Gasteiger partial charge in [-0.2, -0.15) is 0 Å². The fourth-order valence-corrected chi connectivity index (χ4v) is 3.93. The summed E-state index contributed by atoms with van der Waals surface area (Å²) in [6.45, 7) is 13.4. The van der Waals surface area contributed by atoms with Crippen LogP contribution in [0.3, 0.4) is 0 Å². The highest BCUT2D eigenvalue weighted by molar-refractivity contribution is 4.99. The van der Waals surface area contributed by atoms with Gasteiger partial charge in [-0.1, -0.05) is 40.5 Å². The Balaban J connectivity index is 2.90. The highest BCUT2D eigenvalue weighted by atomic mass is 16.5. The molecule has 0 aromatic rings. The Labute approximate surface area is 127 Å². The van der Waals surface area contributed by atoms with Gasteiger partial charge in [0.15, 0.2) is 0 Å². The molecule has 2 heteroatoms. The molecule has 0 aromatic heterocycles. The molecule has 1 atom stereocenters. The SMILES string of the molecule is CCCNC(C(CC)CC)C1(OCC)CCC(C)CC1. The minimum atomic E-state index is 0.0904. The third kappa shape index (κ3) is 4.46. The molecule has 120 valence electrons.